The van der Waals surface area contributed by atoms with Crippen LogP contribution in [0.4, 0.5) is 0 Å². The van der Waals surface area contributed by atoms with E-state index in [4.69, 9.17) is 33.2 Å². The third kappa shape index (κ3) is 12.3. The zero-order chi connectivity index (χ0) is 26.8. The lowest BCUT2D eigenvalue weighted by atomic mass is 9.95. The van der Waals surface area contributed by atoms with Gasteiger partial charge in [0, 0.05) is 12.0 Å². The number of aryl methyl sites for hydroxylation is 1. The molecular formula is C29H34N2O3S2. The first kappa shape index (κ1) is 30.5. The maximum atomic E-state index is 10.6. The van der Waals surface area contributed by atoms with Gasteiger partial charge < -0.3 is 26.0 Å². The van der Waals surface area contributed by atoms with E-state index in [0.717, 1.165) is 11.1 Å². The van der Waals surface area contributed by atoms with E-state index in [1.807, 2.05) is 66.7 Å². The second-order valence-corrected chi connectivity index (χ2v) is 8.40. The number of thiocarbonyl (C=S) groups is 2. The highest BCUT2D eigenvalue weighted by molar-refractivity contribution is 7.80. The molecule has 3 aromatic rings. The molecule has 0 amide bonds. The van der Waals surface area contributed by atoms with Crippen LogP contribution in [-0.2, 0) is 28.3 Å². The Hall–Kier alpha value is -3.52. The Morgan fingerprint density at radius 2 is 1.42 bits per heavy atom. The van der Waals surface area contributed by atoms with Crippen LogP contribution in [0.5, 0.6) is 0 Å². The van der Waals surface area contributed by atoms with Crippen LogP contribution < -0.4 is 11.5 Å². The number of ether oxygens (including phenoxy) is 2. The average Bonchev–Trinajstić information content (AvgIpc) is 2.85. The molecule has 0 bridgehead atoms. The average molecular weight is 523 g/mol. The Labute approximate surface area is 225 Å². The molecular weight excluding hydrogens is 488 g/mol. The van der Waals surface area contributed by atoms with Crippen LogP contribution in [0.2, 0.25) is 0 Å². The van der Waals surface area contributed by atoms with Gasteiger partial charge in [0.2, 0.25) is 5.79 Å². The van der Waals surface area contributed by atoms with Gasteiger partial charge in [-0.15, -0.1) is 13.2 Å². The lowest BCUT2D eigenvalue weighted by Gasteiger charge is -2.29. The Kier molecular flexibility index (Phi) is 14.4. The molecule has 0 aliphatic carbocycles. The van der Waals surface area contributed by atoms with Crippen molar-refractivity contribution in [3.63, 3.8) is 0 Å². The lowest BCUT2D eigenvalue weighted by Crippen LogP contribution is -2.35. The third-order valence-electron chi connectivity index (χ3n) is 4.66. The second-order valence-electron chi connectivity index (χ2n) is 7.60. The predicted octanol–water partition coefficient (Wildman–Crippen LogP) is 5.84. The fraction of sp³-hybridized carbons (Fsp3) is 0.172. The van der Waals surface area contributed by atoms with Crippen molar-refractivity contribution in [2.45, 2.75) is 32.2 Å². The molecule has 0 radical (unpaired) electrons. The predicted molar refractivity (Wildman–Crippen MR) is 156 cm³/mol. The Morgan fingerprint density at radius 3 is 1.89 bits per heavy atom. The highest BCUT2D eigenvalue weighted by Crippen LogP contribution is 2.30. The molecule has 0 saturated carbocycles. The van der Waals surface area contributed by atoms with Crippen LogP contribution in [0, 0.1) is 6.92 Å². The molecule has 5 nitrogen and oxygen atoms in total. The van der Waals surface area contributed by atoms with Gasteiger partial charge in [0.25, 0.3) is 10.3 Å². The number of allylic oxidation sites excluding steroid dienone is 1. The monoisotopic (exact) mass is 522 g/mol. The maximum Gasteiger partial charge on any atom is 0.256 e. The molecule has 0 saturated heterocycles. The van der Waals surface area contributed by atoms with E-state index in [9.17, 15) is 5.11 Å². The standard InChI is InChI=1S/C14H17NO2S.C8H9NOS.C7H8/c1-3-7-11-8-5-6-9-12(11)14(16,10-4-2)17-13(15)18;9-8(11)10-6-7-4-2-1-3-5-7;1-7-5-3-2-4-6-7/h3-6,8-9,16H,1-2,7,10H2,(H2,15,18);1-5H,6H2,(H2,9,11);2-6H,1H3. The van der Waals surface area contributed by atoms with Gasteiger partial charge in [0.05, 0.1) is 0 Å². The van der Waals surface area contributed by atoms with E-state index in [1.54, 1.807) is 18.2 Å². The van der Waals surface area contributed by atoms with Crippen molar-refractivity contribution in [1.29, 1.82) is 0 Å². The third-order valence-corrected chi connectivity index (χ3v) is 4.86. The minimum absolute atomic E-state index is 0.0915. The molecule has 7 heteroatoms. The van der Waals surface area contributed by atoms with Crippen LogP contribution in [0.15, 0.2) is 110 Å². The van der Waals surface area contributed by atoms with E-state index >= 15 is 0 Å². The first-order valence-electron chi connectivity index (χ1n) is 11.2. The van der Waals surface area contributed by atoms with E-state index in [0.29, 0.717) is 18.6 Å². The first-order chi connectivity index (χ1) is 17.2. The molecule has 36 heavy (non-hydrogen) atoms. The Bertz CT molecular complexity index is 1090. The smallest absolute Gasteiger partial charge is 0.256 e. The summed E-state index contributed by atoms with van der Waals surface area (Å²) in [5.74, 6) is -1.58. The summed E-state index contributed by atoms with van der Waals surface area (Å²) in [6, 6.07) is 27.4. The van der Waals surface area contributed by atoms with Crippen LogP contribution in [0.1, 0.15) is 28.7 Å². The molecule has 3 aromatic carbocycles. The quantitative estimate of drug-likeness (QED) is 0.195. The molecule has 0 aliphatic heterocycles. The fourth-order valence-corrected chi connectivity index (χ4v) is 3.26. The molecule has 3 rings (SSSR count). The topological polar surface area (TPSA) is 90.7 Å². The number of hydrogen-bond acceptors (Lipinski definition) is 5. The molecule has 0 heterocycles. The number of aliphatic hydroxyl groups is 1. The summed E-state index contributed by atoms with van der Waals surface area (Å²) in [4.78, 5) is 0. The van der Waals surface area contributed by atoms with Gasteiger partial charge in [0.1, 0.15) is 6.61 Å². The zero-order valence-electron chi connectivity index (χ0n) is 20.5. The van der Waals surface area contributed by atoms with Crippen molar-refractivity contribution < 1.29 is 14.6 Å². The molecule has 5 N–H and O–H groups in total. The normalized spacial score (nSPS) is 11.2. The summed E-state index contributed by atoms with van der Waals surface area (Å²) in [5, 5.41) is 10.5. The second kappa shape index (κ2) is 17.0. The van der Waals surface area contributed by atoms with Crippen LogP contribution in [0.3, 0.4) is 0 Å². The zero-order valence-corrected chi connectivity index (χ0v) is 22.1. The van der Waals surface area contributed by atoms with Crippen molar-refractivity contribution in [3.8, 4) is 0 Å². The van der Waals surface area contributed by atoms with Crippen LogP contribution in [-0.4, -0.2) is 15.5 Å². The Balaban J connectivity index is 0.000000303. The highest BCUT2D eigenvalue weighted by atomic mass is 32.1. The van der Waals surface area contributed by atoms with E-state index in [-0.39, 0.29) is 16.8 Å². The van der Waals surface area contributed by atoms with Gasteiger partial charge in [0.15, 0.2) is 0 Å². The van der Waals surface area contributed by atoms with Gasteiger partial charge in [-0.1, -0.05) is 103 Å². The molecule has 1 atom stereocenters. The van der Waals surface area contributed by atoms with E-state index in [1.165, 1.54) is 5.56 Å². The SMILES string of the molecule is C=CCc1ccccc1C(O)(CC=C)OC(N)=S.Cc1ccccc1.NC(=S)OCc1ccccc1. The van der Waals surface area contributed by atoms with Gasteiger partial charge >= 0.3 is 0 Å². The van der Waals surface area contributed by atoms with Crippen molar-refractivity contribution in [2.75, 3.05) is 0 Å². The molecule has 0 fully saturated rings. The van der Waals surface area contributed by atoms with Gasteiger partial charge in [-0.25, -0.2) is 0 Å². The first-order valence-corrected chi connectivity index (χ1v) is 12.0. The number of hydrogen-bond donors (Lipinski definition) is 3. The van der Waals surface area contributed by atoms with Crippen LogP contribution in [0.25, 0.3) is 0 Å². The van der Waals surface area contributed by atoms with Crippen molar-refractivity contribution >= 4 is 34.8 Å². The molecule has 1 unspecified atom stereocenters. The van der Waals surface area contributed by atoms with Crippen molar-refractivity contribution in [3.05, 3.63) is 132 Å². The molecule has 0 aromatic heterocycles. The maximum absolute atomic E-state index is 10.6. The summed E-state index contributed by atoms with van der Waals surface area (Å²) < 4.78 is 10.1. The number of nitrogens with two attached hydrogens (primary N) is 2. The summed E-state index contributed by atoms with van der Waals surface area (Å²) in [7, 11) is 0. The highest BCUT2D eigenvalue weighted by Gasteiger charge is 2.32. The number of benzene rings is 3. The van der Waals surface area contributed by atoms with Crippen LogP contribution >= 0.6 is 24.4 Å². The summed E-state index contributed by atoms with van der Waals surface area (Å²) in [6.07, 6.45) is 4.13. The number of rotatable bonds is 8. The van der Waals surface area contributed by atoms with E-state index in [2.05, 4.69) is 44.4 Å². The molecule has 0 aliphatic rings. The lowest BCUT2D eigenvalue weighted by molar-refractivity contribution is -0.152. The summed E-state index contributed by atoms with van der Waals surface area (Å²) >= 11 is 9.26. The van der Waals surface area contributed by atoms with Gasteiger partial charge in [-0.05, 0) is 48.9 Å². The minimum atomic E-state index is -1.58. The summed E-state index contributed by atoms with van der Waals surface area (Å²) in [5.41, 5.74) is 14.4. The largest absolute Gasteiger partial charge is 0.466 e. The van der Waals surface area contributed by atoms with Gasteiger partial charge in [-0.3, -0.25) is 0 Å². The Morgan fingerprint density at radius 1 is 0.861 bits per heavy atom. The fourth-order valence-electron chi connectivity index (χ4n) is 3.07. The summed E-state index contributed by atoms with van der Waals surface area (Å²) in [6.45, 7) is 9.84. The molecule has 190 valence electrons. The van der Waals surface area contributed by atoms with E-state index < -0.39 is 5.79 Å². The van der Waals surface area contributed by atoms with Crippen molar-refractivity contribution in [2.24, 2.45) is 11.5 Å². The minimum Gasteiger partial charge on any atom is -0.466 e. The van der Waals surface area contributed by atoms with Gasteiger partial charge in [-0.2, -0.15) is 0 Å². The van der Waals surface area contributed by atoms with Crippen molar-refractivity contribution in [1.82, 2.24) is 0 Å². The molecule has 0 spiro atoms.